The Morgan fingerprint density at radius 3 is 2.07 bits per heavy atom. The molecule has 0 atom stereocenters. The molecule has 0 aliphatic carbocycles. The number of furan rings is 1. The molecule has 0 saturated carbocycles. The molecular formula is C51H32N4O. The fourth-order valence-electron chi connectivity index (χ4n) is 8.36. The maximum atomic E-state index is 9.10. The third-order valence-electron chi connectivity index (χ3n) is 10.9. The molecule has 262 valence electrons. The second kappa shape index (κ2) is 12.8. The number of amidine groups is 2. The van der Waals surface area contributed by atoms with Gasteiger partial charge in [-0.15, -0.1) is 0 Å². The van der Waals surface area contributed by atoms with E-state index in [1.807, 2.05) is 66.9 Å². The van der Waals surface area contributed by atoms with Crippen molar-refractivity contribution in [3.8, 4) is 11.1 Å². The Kier molecular flexibility index (Phi) is 7.25. The Labute approximate surface area is 322 Å². The van der Waals surface area contributed by atoms with Gasteiger partial charge in [0.2, 0.25) is 0 Å². The van der Waals surface area contributed by atoms with Crippen molar-refractivity contribution in [3.05, 3.63) is 199 Å². The van der Waals surface area contributed by atoms with Crippen molar-refractivity contribution in [1.29, 1.82) is 5.41 Å². The zero-order valence-corrected chi connectivity index (χ0v) is 30.1. The van der Waals surface area contributed by atoms with Crippen LogP contribution in [0.25, 0.3) is 65.4 Å². The van der Waals surface area contributed by atoms with Crippen LogP contribution in [-0.4, -0.2) is 17.9 Å². The molecular weight excluding hydrogens is 685 g/mol. The first-order valence-corrected chi connectivity index (χ1v) is 18.7. The van der Waals surface area contributed by atoms with Gasteiger partial charge in [-0.3, -0.25) is 5.41 Å². The molecule has 1 aliphatic heterocycles. The molecule has 0 bridgehead atoms. The summed E-state index contributed by atoms with van der Waals surface area (Å²) in [6.45, 7) is 0. The first-order chi connectivity index (χ1) is 27.7. The number of para-hydroxylation sites is 2. The van der Waals surface area contributed by atoms with E-state index in [1.54, 1.807) is 0 Å². The lowest BCUT2D eigenvalue weighted by Crippen LogP contribution is -2.15. The summed E-state index contributed by atoms with van der Waals surface area (Å²) in [5.74, 6) is 0.570. The highest BCUT2D eigenvalue weighted by Gasteiger charge is 2.28. The van der Waals surface area contributed by atoms with Crippen LogP contribution < -0.4 is 4.90 Å². The number of benzene rings is 9. The largest absolute Gasteiger partial charge is 0.455 e. The SMILES string of the molecule is N=C(/N=C(\N=C\c1cccc2c1oc1ccccc12)c1cccc2c(N3c4cc5ccccc5cc4-c4cccc5cccc3c45)cccc12)c1ccccc1. The summed E-state index contributed by atoms with van der Waals surface area (Å²) in [6.07, 6.45) is 1.81. The Hall–Kier alpha value is -7.63. The minimum Gasteiger partial charge on any atom is -0.455 e. The van der Waals surface area contributed by atoms with Crippen molar-refractivity contribution in [2.45, 2.75) is 0 Å². The van der Waals surface area contributed by atoms with Gasteiger partial charge in [-0.05, 0) is 63.5 Å². The maximum Gasteiger partial charge on any atom is 0.162 e. The molecule has 5 nitrogen and oxygen atoms in total. The number of hydrogen-bond donors (Lipinski definition) is 1. The van der Waals surface area contributed by atoms with Gasteiger partial charge in [-0.2, -0.15) is 0 Å². The van der Waals surface area contributed by atoms with Gasteiger partial charge in [-0.1, -0.05) is 146 Å². The molecule has 1 aromatic heterocycles. The predicted molar refractivity (Wildman–Crippen MR) is 234 cm³/mol. The number of fused-ring (bicyclic) bond motifs is 7. The van der Waals surface area contributed by atoms with Gasteiger partial charge in [0.15, 0.2) is 11.7 Å². The number of nitrogens with zero attached hydrogens (tertiary/aromatic N) is 3. The lowest BCUT2D eigenvalue weighted by molar-refractivity contribution is 0.668. The van der Waals surface area contributed by atoms with Gasteiger partial charge in [-0.25, -0.2) is 9.98 Å². The van der Waals surface area contributed by atoms with Crippen LogP contribution in [0.4, 0.5) is 17.1 Å². The van der Waals surface area contributed by atoms with E-state index in [0.717, 1.165) is 60.9 Å². The quantitative estimate of drug-likeness (QED) is 0.146. The van der Waals surface area contributed by atoms with E-state index in [-0.39, 0.29) is 5.84 Å². The summed E-state index contributed by atoms with van der Waals surface area (Å²) in [4.78, 5) is 12.4. The van der Waals surface area contributed by atoms with Crippen LogP contribution in [0.1, 0.15) is 16.7 Å². The third kappa shape index (κ3) is 5.06. The van der Waals surface area contributed by atoms with Crippen LogP contribution >= 0.6 is 0 Å². The van der Waals surface area contributed by atoms with E-state index in [0.29, 0.717) is 11.4 Å². The number of aliphatic imine (C=N–C) groups is 2. The normalized spacial score (nSPS) is 12.7. The highest BCUT2D eigenvalue weighted by molar-refractivity contribution is 6.22. The summed E-state index contributed by atoms with van der Waals surface area (Å²) in [5.41, 5.74) is 9.72. The zero-order chi connectivity index (χ0) is 37.2. The van der Waals surface area contributed by atoms with Gasteiger partial charge in [0.1, 0.15) is 11.2 Å². The minimum atomic E-state index is 0.132. The first kappa shape index (κ1) is 31.9. The molecule has 2 heterocycles. The summed E-state index contributed by atoms with van der Waals surface area (Å²) in [6, 6.07) is 62.9. The van der Waals surface area contributed by atoms with E-state index in [4.69, 9.17) is 19.8 Å². The van der Waals surface area contributed by atoms with Crippen LogP contribution in [0.3, 0.4) is 0 Å². The Morgan fingerprint density at radius 2 is 1.18 bits per heavy atom. The van der Waals surface area contributed by atoms with E-state index >= 15 is 0 Å². The summed E-state index contributed by atoms with van der Waals surface area (Å²) < 4.78 is 6.35. The molecule has 0 unspecified atom stereocenters. The highest BCUT2D eigenvalue weighted by atomic mass is 16.3. The molecule has 0 amide bonds. The number of nitrogens with one attached hydrogen (secondary N) is 1. The Morgan fingerprint density at radius 1 is 0.518 bits per heavy atom. The van der Waals surface area contributed by atoms with Gasteiger partial charge in [0, 0.05) is 50.0 Å². The van der Waals surface area contributed by atoms with Crippen molar-refractivity contribution in [1.82, 2.24) is 0 Å². The smallest absolute Gasteiger partial charge is 0.162 e. The van der Waals surface area contributed by atoms with Crippen LogP contribution in [0, 0.1) is 5.41 Å². The van der Waals surface area contributed by atoms with Crippen LogP contribution in [0.5, 0.6) is 0 Å². The molecule has 0 spiro atoms. The topological polar surface area (TPSA) is 65.0 Å². The molecule has 5 heteroatoms. The zero-order valence-electron chi connectivity index (χ0n) is 30.1. The Bertz CT molecular complexity index is 3280. The molecule has 56 heavy (non-hydrogen) atoms. The monoisotopic (exact) mass is 716 g/mol. The summed E-state index contributed by atoms with van der Waals surface area (Å²) in [5, 5.41) is 18.0. The average Bonchev–Trinajstić information content (AvgIpc) is 3.64. The molecule has 1 N–H and O–H groups in total. The molecule has 10 aromatic rings. The Balaban J connectivity index is 1.12. The van der Waals surface area contributed by atoms with Gasteiger partial charge >= 0.3 is 0 Å². The van der Waals surface area contributed by atoms with Crippen LogP contribution in [0.2, 0.25) is 0 Å². The summed E-state index contributed by atoms with van der Waals surface area (Å²) in [7, 11) is 0. The minimum absolute atomic E-state index is 0.132. The first-order valence-electron chi connectivity index (χ1n) is 18.7. The molecule has 1 aliphatic rings. The molecule has 0 radical (unpaired) electrons. The maximum absolute atomic E-state index is 9.10. The fraction of sp³-hybridized carbons (Fsp3) is 0. The van der Waals surface area contributed by atoms with Crippen molar-refractivity contribution >= 4 is 89.2 Å². The second-order valence-electron chi connectivity index (χ2n) is 14.1. The van der Waals surface area contributed by atoms with Gasteiger partial charge in [0.05, 0.1) is 17.1 Å². The highest BCUT2D eigenvalue weighted by Crippen LogP contribution is 2.53. The van der Waals surface area contributed by atoms with Crippen molar-refractivity contribution in [2.24, 2.45) is 9.98 Å². The standard InChI is InChI=1S/C51H32N4O/c52-50(33-13-2-1-3-14-33)54-51(53-31-36-19-9-24-41-39-20-6-7-28-47(39)56-49(36)41)42-25-11-22-38-37(42)21-12-26-44(38)55-45-27-10-18-32-17-8-23-40(48(32)45)43-29-34-15-4-5-16-35(34)30-46(43)55/h1-31,52H/b52-50?,53-31+,54-51-. The fourth-order valence-corrected chi connectivity index (χ4v) is 8.36. The van der Waals surface area contributed by atoms with Crippen LogP contribution in [0.15, 0.2) is 196 Å². The van der Waals surface area contributed by atoms with E-state index < -0.39 is 0 Å². The van der Waals surface area contributed by atoms with E-state index in [1.165, 1.54) is 32.7 Å². The van der Waals surface area contributed by atoms with E-state index in [2.05, 4.69) is 126 Å². The average molecular weight is 717 g/mol. The number of rotatable bonds is 4. The summed E-state index contributed by atoms with van der Waals surface area (Å²) >= 11 is 0. The number of hydrogen-bond acceptors (Lipinski definition) is 3. The lowest BCUT2D eigenvalue weighted by atomic mass is 9.88. The molecule has 9 aromatic carbocycles. The van der Waals surface area contributed by atoms with Gasteiger partial charge in [0.25, 0.3) is 0 Å². The number of anilines is 3. The molecule has 0 saturated heterocycles. The van der Waals surface area contributed by atoms with Crippen molar-refractivity contribution < 1.29 is 4.42 Å². The third-order valence-corrected chi connectivity index (χ3v) is 10.9. The lowest BCUT2D eigenvalue weighted by Gasteiger charge is -2.34. The van der Waals surface area contributed by atoms with Gasteiger partial charge < -0.3 is 9.32 Å². The van der Waals surface area contributed by atoms with Crippen LogP contribution in [-0.2, 0) is 0 Å². The molecule has 11 rings (SSSR count). The predicted octanol–water partition coefficient (Wildman–Crippen LogP) is 13.4. The van der Waals surface area contributed by atoms with Crippen molar-refractivity contribution in [3.63, 3.8) is 0 Å². The van der Waals surface area contributed by atoms with E-state index in [9.17, 15) is 0 Å². The van der Waals surface area contributed by atoms with Crippen molar-refractivity contribution in [2.75, 3.05) is 4.90 Å². The molecule has 0 fully saturated rings. The second-order valence-corrected chi connectivity index (χ2v) is 14.1.